The summed E-state index contributed by atoms with van der Waals surface area (Å²) < 4.78 is 72.8. The van der Waals surface area contributed by atoms with Gasteiger partial charge in [0, 0.05) is 0 Å². The van der Waals surface area contributed by atoms with E-state index in [9.17, 15) is 40.7 Å². The zero-order valence-corrected chi connectivity index (χ0v) is 9.25. The van der Waals surface area contributed by atoms with Crippen molar-refractivity contribution < 1.29 is 50.9 Å². The van der Waals surface area contributed by atoms with Crippen molar-refractivity contribution in [2.45, 2.75) is 24.8 Å². The Morgan fingerprint density at radius 3 is 1.60 bits per heavy atom. The van der Waals surface area contributed by atoms with Crippen LogP contribution in [0.4, 0.5) is 26.3 Å². The number of aliphatic carboxylic acids is 2. The van der Waals surface area contributed by atoms with Gasteiger partial charge in [0.2, 0.25) is 11.8 Å². The lowest BCUT2D eigenvalue weighted by atomic mass is 10.1. The van der Waals surface area contributed by atoms with Crippen LogP contribution >= 0.6 is 0 Å². The maximum absolute atomic E-state index is 12.1. The molecule has 0 saturated carbocycles. The van der Waals surface area contributed by atoms with Crippen LogP contribution in [-0.4, -0.2) is 46.5 Å². The predicted molar refractivity (Wildman–Crippen MR) is 47.4 cm³/mol. The van der Waals surface area contributed by atoms with Gasteiger partial charge in [-0.3, -0.25) is 9.59 Å². The number of halogens is 6. The number of hydrogen-bond acceptors (Lipinski definition) is 3. The normalized spacial score (nSPS) is 13.9. The average Bonchev–Trinajstić information content (AvgIpc) is 2.09. The molecule has 0 fully saturated rings. The lowest BCUT2D eigenvalue weighted by molar-refractivity contribution is -0.274. The number of carboxylic acids is 2. The van der Waals surface area contributed by atoms with Crippen LogP contribution < -0.4 is 5.32 Å². The summed E-state index contributed by atoms with van der Waals surface area (Å²) in [6, 6.07) is -2.41. The first-order valence-electron chi connectivity index (χ1n) is 4.65. The highest BCUT2D eigenvalue weighted by Crippen LogP contribution is 2.39. The summed E-state index contributed by atoms with van der Waals surface area (Å²) in [5, 5.41) is 17.6. The molecule has 0 aromatic heterocycles. The van der Waals surface area contributed by atoms with E-state index in [4.69, 9.17) is 10.2 Å². The van der Waals surface area contributed by atoms with Gasteiger partial charge in [-0.15, -0.1) is 0 Å². The van der Waals surface area contributed by atoms with Crippen LogP contribution in [0.2, 0.25) is 0 Å². The van der Waals surface area contributed by atoms with Crippen molar-refractivity contribution in [2.75, 3.05) is 0 Å². The van der Waals surface area contributed by atoms with Gasteiger partial charge in [-0.25, -0.2) is 4.79 Å². The lowest BCUT2D eigenvalue weighted by Gasteiger charge is -2.23. The number of carboxylic acid groups (broad SMARTS) is 2. The average molecular weight is 311 g/mol. The van der Waals surface area contributed by atoms with E-state index < -0.39 is 48.6 Å². The van der Waals surface area contributed by atoms with E-state index >= 15 is 0 Å². The molecule has 0 rings (SSSR count). The first-order valence-corrected chi connectivity index (χ1v) is 4.65. The fourth-order valence-corrected chi connectivity index (χ4v) is 1.11. The fourth-order valence-electron chi connectivity index (χ4n) is 1.11. The molecule has 0 saturated heterocycles. The van der Waals surface area contributed by atoms with Gasteiger partial charge in [0.15, 0.2) is 0 Å². The van der Waals surface area contributed by atoms with E-state index in [1.807, 2.05) is 0 Å². The third-order valence-electron chi connectivity index (χ3n) is 1.91. The van der Waals surface area contributed by atoms with E-state index in [0.717, 1.165) is 5.32 Å². The zero-order valence-electron chi connectivity index (χ0n) is 9.25. The molecular formula is C8H7F6NO5. The smallest absolute Gasteiger partial charge is 0.409 e. The minimum atomic E-state index is -5.99. The number of carbonyl (C=O) groups is 3. The van der Waals surface area contributed by atoms with Gasteiger partial charge in [-0.1, -0.05) is 0 Å². The topological polar surface area (TPSA) is 104 Å². The third kappa shape index (κ3) is 5.32. The summed E-state index contributed by atoms with van der Waals surface area (Å²) in [7, 11) is 0. The maximum Gasteiger partial charge on any atom is 0.409 e. The van der Waals surface area contributed by atoms with Crippen LogP contribution in [0.5, 0.6) is 0 Å². The first-order chi connectivity index (χ1) is 8.76. The Hall–Kier alpha value is -2.01. The molecule has 116 valence electrons. The van der Waals surface area contributed by atoms with Crippen LogP contribution in [0.1, 0.15) is 6.42 Å². The van der Waals surface area contributed by atoms with E-state index in [1.165, 1.54) is 0 Å². The Morgan fingerprint density at radius 1 is 0.950 bits per heavy atom. The van der Waals surface area contributed by atoms with Gasteiger partial charge < -0.3 is 15.5 Å². The molecule has 1 amide bonds. The Kier molecular flexibility index (Phi) is 5.36. The van der Waals surface area contributed by atoms with E-state index in [0.29, 0.717) is 0 Å². The standard InChI is InChI=1S/C8H7F6NO5/c9-7(10,11)4(8(12,13)14)5(18)15-2(6(19)20)1-3(16)17/h2,4H,1H2,(H,15,18)(H,16,17)(H,19,20). The Balaban J connectivity index is 5.19. The van der Waals surface area contributed by atoms with Gasteiger partial charge in [0.1, 0.15) is 6.04 Å². The molecule has 0 heterocycles. The van der Waals surface area contributed by atoms with Crippen molar-refractivity contribution in [1.82, 2.24) is 5.32 Å². The van der Waals surface area contributed by atoms with Crippen LogP contribution in [0, 0.1) is 5.92 Å². The van der Waals surface area contributed by atoms with Crippen LogP contribution in [-0.2, 0) is 14.4 Å². The Labute approximate surface area is 106 Å². The van der Waals surface area contributed by atoms with Gasteiger partial charge in [0.25, 0.3) is 0 Å². The van der Waals surface area contributed by atoms with Crippen molar-refractivity contribution in [2.24, 2.45) is 5.92 Å². The van der Waals surface area contributed by atoms with Gasteiger partial charge in [0.05, 0.1) is 6.42 Å². The molecule has 12 heteroatoms. The summed E-state index contributed by atoms with van der Waals surface area (Å²) in [6.07, 6.45) is -13.4. The molecule has 6 nitrogen and oxygen atoms in total. The summed E-state index contributed by atoms with van der Waals surface area (Å²) in [4.78, 5) is 31.6. The molecule has 0 aromatic rings. The molecule has 0 radical (unpaired) electrons. The SMILES string of the molecule is O=C(O)CC(NC(=O)C(C(F)(F)F)C(F)(F)F)C(=O)O. The predicted octanol–water partition coefficient (Wildman–Crippen LogP) is 0.771. The zero-order chi connectivity index (χ0) is 16.3. The second-order valence-corrected chi connectivity index (χ2v) is 3.51. The number of rotatable bonds is 5. The number of carbonyl (C=O) groups excluding carboxylic acids is 1. The lowest BCUT2D eigenvalue weighted by Crippen LogP contribution is -2.52. The highest BCUT2D eigenvalue weighted by Gasteiger charge is 2.61. The van der Waals surface area contributed by atoms with E-state index in [2.05, 4.69) is 0 Å². The monoisotopic (exact) mass is 311 g/mol. The molecule has 0 bridgehead atoms. The van der Waals surface area contributed by atoms with Crippen molar-refractivity contribution in [3.63, 3.8) is 0 Å². The van der Waals surface area contributed by atoms with Gasteiger partial charge in [-0.2, -0.15) is 26.3 Å². The molecule has 0 aliphatic carbocycles. The third-order valence-corrected chi connectivity index (χ3v) is 1.91. The van der Waals surface area contributed by atoms with Crippen molar-refractivity contribution in [3.8, 4) is 0 Å². The number of alkyl halides is 6. The van der Waals surface area contributed by atoms with Crippen LogP contribution in [0.25, 0.3) is 0 Å². The molecular weight excluding hydrogens is 304 g/mol. The number of hydrogen-bond donors (Lipinski definition) is 3. The summed E-state index contributed by atoms with van der Waals surface area (Å²) in [5.41, 5.74) is 0. The molecule has 0 aliphatic rings. The largest absolute Gasteiger partial charge is 0.481 e. The Bertz CT molecular complexity index is 389. The van der Waals surface area contributed by atoms with Crippen molar-refractivity contribution >= 4 is 17.8 Å². The molecule has 0 aromatic carbocycles. The summed E-state index contributed by atoms with van der Waals surface area (Å²) in [5.74, 6) is -11.0. The molecule has 20 heavy (non-hydrogen) atoms. The minimum Gasteiger partial charge on any atom is -0.481 e. The maximum atomic E-state index is 12.1. The molecule has 1 atom stereocenters. The summed E-state index contributed by atoms with van der Waals surface area (Å²) in [6.45, 7) is 0. The molecule has 0 spiro atoms. The quantitative estimate of drug-likeness (QED) is 0.651. The number of nitrogens with one attached hydrogen (secondary N) is 1. The van der Waals surface area contributed by atoms with Crippen molar-refractivity contribution in [3.05, 3.63) is 0 Å². The Morgan fingerprint density at radius 2 is 1.35 bits per heavy atom. The van der Waals surface area contributed by atoms with E-state index in [1.54, 1.807) is 0 Å². The minimum absolute atomic E-state index is 0.902. The van der Waals surface area contributed by atoms with Gasteiger partial charge >= 0.3 is 24.3 Å². The molecule has 1 unspecified atom stereocenters. The fraction of sp³-hybridized carbons (Fsp3) is 0.625. The molecule has 3 N–H and O–H groups in total. The second-order valence-electron chi connectivity index (χ2n) is 3.51. The summed E-state index contributed by atoms with van der Waals surface area (Å²) >= 11 is 0. The second kappa shape index (κ2) is 5.96. The number of amides is 1. The van der Waals surface area contributed by atoms with E-state index in [-0.39, 0.29) is 0 Å². The van der Waals surface area contributed by atoms with Crippen LogP contribution in [0.3, 0.4) is 0 Å². The molecule has 0 aliphatic heterocycles. The highest BCUT2D eigenvalue weighted by atomic mass is 19.4. The van der Waals surface area contributed by atoms with Crippen molar-refractivity contribution in [1.29, 1.82) is 0 Å². The first kappa shape index (κ1) is 18.0. The van der Waals surface area contributed by atoms with Crippen LogP contribution in [0.15, 0.2) is 0 Å². The van der Waals surface area contributed by atoms with Gasteiger partial charge in [-0.05, 0) is 0 Å². The highest BCUT2D eigenvalue weighted by molar-refractivity contribution is 5.88.